The van der Waals surface area contributed by atoms with Gasteiger partial charge in [-0.1, -0.05) is 49.5 Å². The van der Waals surface area contributed by atoms with Gasteiger partial charge < -0.3 is 5.11 Å². The second-order valence-electron chi connectivity index (χ2n) is 4.22. The van der Waals surface area contributed by atoms with Crippen molar-refractivity contribution < 1.29 is 5.11 Å². The molecule has 0 saturated carbocycles. The van der Waals surface area contributed by atoms with Gasteiger partial charge in [-0.2, -0.15) is 0 Å². The molecule has 0 unspecified atom stereocenters. The van der Waals surface area contributed by atoms with E-state index in [1.54, 1.807) is 6.07 Å². The van der Waals surface area contributed by atoms with Gasteiger partial charge in [0.05, 0.1) is 5.56 Å². The molecule has 0 aliphatic rings. The molecule has 0 heterocycles. The zero-order valence-corrected chi connectivity index (χ0v) is 10.5. The molecule has 0 spiro atoms. The average molecular weight is 236 g/mol. The number of hydrogen-bond donors (Lipinski definition) is 1. The third-order valence-corrected chi connectivity index (χ3v) is 2.72. The molecule has 2 aromatic rings. The summed E-state index contributed by atoms with van der Waals surface area (Å²) in [5.74, 6) is 6.31. The van der Waals surface area contributed by atoms with Crippen LogP contribution < -0.4 is 0 Å². The first-order valence-electron chi connectivity index (χ1n) is 6.18. The van der Waals surface area contributed by atoms with Gasteiger partial charge in [-0.3, -0.25) is 0 Å². The molecule has 0 amide bonds. The van der Waals surface area contributed by atoms with E-state index in [9.17, 15) is 5.11 Å². The number of phenolic OH excluding ortho intramolecular Hbond substituents is 1. The van der Waals surface area contributed by atoms with Crippen molar-refractivity contribution in [2.75, 3.05) is 0 Å². The molecule has 2 rings (SSSR count). The summed E-state index contributed by atoms with van der Waals surface area (Å²) in [6.45, 7) is 2.13. The minimum Gasteiger partial charge on any atom is -0.507 e. The molecule has 1 heteroatoms. The monoisotopic (exact) mass is 236 g/mol. The average Bonchev–Trinajstić information content (AvgIpc) is 2.39. The lowest BCUT2D eigenvalue weighted by atomic mass is 10.1. The van der Waals surface area contributed by atoms with Crippen LogP contribution in [0.2, 0.25) is 0 Å². The number of benzene rings is 2. The summed E-state index contributed by atoms with van der Waals surface area (Å²) in [6.07, 6.45) is 2.06. The van der Waals surface area contributed by atoms with E-state index in [0.717, 1.165) is 24.0 Å². The van der Waals surface area contributed by atoms with Gasteiger partial charge in [0, 0.05) is 5.56 Å². The summed E-state index contributed by atoms with van der Waals surface area (Å²) < 4.78 is 0. The van der Waals surface area contributed by atoms with Crippen LogP contribution in [0, 0.1) is 11.8 Å². The minimum absolute atomic E-state index is 0.268. The highest BCUT2D eigenvalue weighted by atomic mass is 16.3. The molecule has 0 atom stereocenters. The van der Waals surface area contributed by atoms with E-state index in [1.807, 2.05) is 42.5 Å². The Balaban J connectivity index is 2.23. The van der Waals surface area contributed by atoms with Crippen molar-refractivity contribution in [3.63, 3.8) is 0 Å². The van der Waals surface area contributed by atoms with Gasteiger partial charge in [0.2, 0.25) is 0 Å². The Morgan fingerprint density at radius 1 is 1.00 bits per heavy atom. The standard InChI is InChI=1S/C17H16O/c1-2-6-15-10-12-16(17(18)13-15)11-9-14-7-4-3-5-8-14/h3-5,7-8,10,12-13,18H,2,6H2,1H3. The van der Waals surface area contributed by atoms with Crippen LogP contribution in [0.25, 0.3) is 0 Å². The summed E-state index contributed by atoms with van der Waals surface area (Å²) in [6, 6.07) is 15.5. The smallest absolute Gasteiger partial charge is 0.131 e. The molecular weight excluding hydrogens is 220 g/mol. The maximum atomic E-state index is 9.89. The molecule has 90 valence electrons. The van der Waals surface area contributed by atoms with Crippen LogP contribution in [0.5, 0.6) is 5.75 Å². The van der Waals surface area contributed by atoms with E-state index in [1.165, 1.54) is 0 Å². The Morgan fingerprint density at radius 2 is 1.78 bits per heavy atom. The molecule has 0 fully saturated rings. The molecule has 0 aromatic heterocycles. The molecule has 0 bridgehead atoms. The molecule has 1 nitrogen and oxygen atoms in total. The number of rotatable bonds is 2. The third kappa shape index (κ3) is 3.15. The van der Waals surface area contributed by atoms with Gasteiger partial charge >= 0.3 is 0 Å². The van der Waals surface area contributed by atoms with Crippen molar-refractivity contribution in [2.24, 2.45) is 0 Å². The van der Waals surface area contributed by atoms with Crippen LogP contribution >= 0.6 is 0 Å². The predicted molar refractivity (Wildman–Crippen MR) is 74.5 cm³/mol. The number of hydrogen-bond acceptors (Lipinski definition) is 1. The first-order valence-corrected chi connectivity index (χ1v) is 6.18. The van der Waals surface area contributed by atoms with E-state index in [2.05, 4.69) is 18.8 Å². The van der Waals surface area contributed by atoms with Gasteiger partial charge in [0.1, 0.15) is 5.75 Å². The van der Waals surface area contributed by atoms with Gasteiger partial charge in [-0.05, 0) is 36.2 Å². The molecule has 18 heavy (non-hydrogen) atoms. The first-order chi connectivity index (χ1) is 8.79. The van der Waals surface area contributed by atoms with Gasteiger partial charge in [0.15, 0.2) is 0 Å². The summed E-state index contributed by atoms with van der Waals surface area (Å²) in [5, 5.41) is 9.89. The van der Waals surface area contributed by atoms with Crippen molar-refractivity contribution in [3.8, 4) is 17.6 Å². The molecule has 0 aliphatic heterocycles. The second-order valence-corrected chi connectivity index (χ2v) is 4.22. The van der Waals surface area contributed by atoms with E-state index < -0.39 is 0 Å². The quantitative estimate of drug-likeness (QED) is 0.787. The van der Waals surface area contributed by atoms with Crippen molar-refractivity contribution in [1.82, 2.24) is 0 Å². The van der Waals surface area contributed by atoms with Crippen LogP contribution in [-0.2, 0) is 6.42 Å². The van der Waals surface area contributed by atoms with Crippen LogP contribution in [0.1, 0.15) is 30.0 Å². The Hall–Kier alpha value is -2.20. The van der Waals surface area contributed by atoms with Crippen molar-refractivity contribution in [1.29, 1.82) is 0 Å². The summed E-state index contributed by atoms with van der Waals surface area (Å²) in [5.41, 5.74) is 2.79. The normalized spacial score (nSPS) is 9.61. The highest BCUT2D eigenvalue weighted by Crippen LogP contribution is 2.18. The SMILES string of the molecule is CCCc1ccc(C#Cc2ccccc2)c(O)c1. The summed E-state index contributed by atoms with van der Waals surface area (Å²) >= 11 is 0. The lowest BCUT2D eigenvalue weighted by molar-refractivity contribution is 0.473. The maximum Gasteiger partial charge on any atom is 0.131 e. The highest BCUT2D eigenvalue weighted by Gasteiger charge is 1.99. The van der Waals surface area contributed by atoms with Crippen LogP contribution in [0.3, 0.4) is 0 Å². The Labute approximate surface area is 108 Å². The number of aryl methyl sites for hydroxylation is 1. The van der Waals surface area contributed by atoms with Crippen LogP contribution in [0.4, 0.5) is 0 Å². The van der Waals surface area contributed by atoms with E-state index >= 15 is 0 Å². The lowest BCUT2D eigenvalue weighted by Crippen LogP contribution is -1.85. The third-order valence-electron chi connectivity index (χ3n) is 2.72. The van der Waals surface area contributed by atoms with Crippen molar-refractivity contribution in [3.05, 3.63) is 65.2 Å². The van der Waals surface area contributed by atoms with E-state index in [4.69, 9.17) is 0 Å². The summed E-state index contributed by atoms with van der Waals surface area (Å²) in [7, 11) is 0. The minimum atomic E-state index is 0.268. The molecule has 0 aliphatic carbocycles. The molecule has 0 radical (unpaired) electrons. The zero-order valence-electron chi connectivity index (χ0n) is 10.5. The van der Waals surface area contributed by atoms with Gasteiger partial charge in [-0.15, -0.1) is 0 Å². The topological polar surface area (TPSA) is 20.2 Å². The Morgan fingerprint density at radius 3 is 2.44 bits per heavy atom. The summed E-state index contributed by atoms with van der Waals surface area (Å²) in [4.78, 5) is 0. The fraction of sp³-hybridized carbons (Fsp3) is 0.176. The maximum absolute atomic E-state index is 9.89. The van der Waals surface area contributed by atoms with Crippen molar-refractivity contribution >= 4 is 0 Å². The highest BCUT2D eigenvalue weighted by molar-refractivity contribution is 5.50. The van der Waals surface area contributed by atoms with E-state index in [0.29, 0.717) is 5.56 Å². The van der Waals surface area contributed by atoms with E-state index in [-0.39, 0.29) is 5.75 Å². The van der Waals surface area contributed by atoms with Crippen LogP contribution in [0.15, 0.2) is 48.5 Å². The zero-order chi connectivity index (χ0) is 12.8. The largest absolute Gasteiger partial charge is 0.507 e. The fourth-order valence-electron chi connectivity index (χ4n) is 1.79. The molecule has 2 aromatic carbocycles. The Kier molecular flexibility index (Phi) is 4.04. The van der Waals surface area contributed by atoms with Crippen molar-refractivity contribution in [2.45, 2.75) is 19.8 Å². The number of aromatic hydroxyl groups is 1. The molecular formula is C17H16O. The first kappa shape index (κ1) is 12.3. The Bertz CT molecular complexity index is 574. The molecule has 0 saturated heterocycles. The van der Waals surface area contributed by atoms with Crippen LogP contribution in [-0.4, -0.2) is 5.11 Å². The predicted octanol–water partition coefficient (Wildman–Crippen LogP) is 3.74. The van der Waals surface area contributed by atoms with Gasteiger partial charge in [-0.25, -0.2) is 0 Å². The fourth-order valence-corrected chi connectivity index (χ4v) is 1.79. The lowest BCUT2D eigenvalue weighted by Gasteiger charge is -2.01. The number of phenols is 1. The van der Waals surface area contributed by atoms with Gasteiger partial charge in [0.25, 0.3) is 0 Å². The second kappa shape index (κ2) is 5.93. The molecule has 1 N–H and O–H groups in total.